The fourth-order valence-corrected chi connectivity index (χ4v) is 2.58. The lowest BCUT2D eigenvalue weighted by Gasteiger charge is -2.25. The van der Waals surface area contributed by atoms with Gasteiger partial charge < -0.3 is 15.8 Å². The van der Waals surface area contributed by atoms with E-state index in [0.717, 1.165) is 13.0 Å². The van der Waals surface area contributed by atoms with Crippen LogP contribution in [0.5, 0.6) is 0 Å². The topological polar surface area (TPSA) is 67.6 Å². The Bertz CT molecular complexity index is 495. The van der Waals surface area contributed by atoms with Crippen LogP contribution in [0.2, 0.25) is 5.02 Å². The van der Waals surface area contributed by atoms with Crippen LogP contribution in [0, 0.1) is 0 Å². The molecule has 5 nitrogen and oxygen atoms in total. The lowest BCUT2D eigenvalue weighted by Crippen LogP contribution is -2.41. The van der Waals surface area contributed by atoms with Crippen LogP contribution in [0.4, 0.5) is 11.4 Å². The van der Waals surface area contributed by atoms with Crippen molar-refractivity contribution in [2.75, 3.05) is 31.2 Å². The molecule has 1 amide bonds. The molecule has 1 aromatic rings. The van der Waals surface area contributed by atoms with Crippen molar-refractivity contribution >= 4 is 28.9 Å². The monoisotopic (exact) mass is 297 g/mol. The van der Waals surface area contributed by atoms with Gasteiger partial charge >= 0.3 is 0 Å². The first kappa shape index (κ1) is 15.1. The van der Waals surface area contributed by atoms with Gasteiger partial charge in [0, 0.05) is 18.3 Å². The van der Waals surface area contributed by atoms with Crippen LogP contribution >= 0.6 is 11.6 Å². The van der Waals surface area contributed by atoms with E-state index in [2.05, 4.69) is 5.32 Å². The van der Waals surface area contributed by atoms with Crippen molar-refractivity contribution in [1.29, 1.82) is 0 Å². The van der Waals surface area contributed by atoms with Gasteiger partial charge in [0.15, 0.2) is 0 Å². The second-order valence-electron chi connectivity index (χ2n) is 5.13. The molecular formula is C14H20ClN3O2. The average molecular weight is 298 g/mol. The number of carbonyl (C=O) groups excluding carboxylic acids is 1. The number of ether oxygens (including phenoxy) is 1. The van der Waals surface area contributed by atoms with Crippen molar-refractivity contribution in [1.82, 2.24) is 4.90 Å². The summed E-state index contributed by atoms with van der Waals surface area (Å²) in [7, 11) is 1.94. The predicted molar refractivity (Wildman–Crippen MR) is 80.9 cm³/mol. The summed E-state index contributed by atoms with van der Waals surface area (Å²) in [5.74, 6) is -0.0756. The van der Waals surface area contributed by atoms with Gasteiger partial charge in [-0.15, -0.1) is 0 Å². The van der Waals surface area contributed by atoms with Gasteiger partial charge in [-0.2, -0.15) is 0 Å². The Balaban J connectivity index is 1.90. The van der Waals surface area contributed by atoms with Crippen LogP contribution in [0.1, 0.15) is 13.3 Å². The maximum Gasteiger partial charge on any atom is 0.238 e. The molecule has 3 N–H and O–H groups in total. The van der Waals surface area contributed by atoms with E-state index in [0.29, 0.717) is 22.9 Å². The van der Waals surface area contributed by atoms with Crippen LogP contribution in [0.25, 0.3) is 0 Å². The summed E-state index contributed by atoms with van der Waals surface area (Å²) in [6, 6.07) is 5.35. The van der Waals surface area contributed by atoms with Gasteiger partial charge in [0.2, 0.25) is 5.91 Å². The van der Waals surface area contributed by atoms with E-state index in [1.807, 2.05) is 18.9 Å². The zero-order valence-electron chi connectivity index (χ0n) is 11.7. The molecule has 0 saturated carbocycles. The first-order valence-electron chi connectivity index (χ1n) is 6.64. The molecule has 2 rings (SSSR count). The molecule has 1 aromatic carbocycles. The van der Waals surface area contributed by atoms with Gasteiger partial charge in [0.25, 0.3) is 0 Å². The third-order valence-electron chi connectivity index (χ3n) is 3.58. The number of hydrogen-bond acceptors (Lipinski definition) is 4. The van der Waals surface area contributed by atoms with Crippen molar-refractivity contribution in [2.24, 2.45) is 0 Å². The molecule has 0 aromatic heterocycles. The first-order valence-corrected chi connectivity index (χ1v) is 7.02. The Hall–Kier alpha value is -1.30. The minimum atomic E-state index is -0.0756. The number of nitrogen functional groups attached to an aromatic ring is 1. The molecule has 0 radical (unpaired) electrons. The van der Waals surface area contributed by atoms with Crippen molar-refractivity contribution in [3.05, 3.63) is 23.2 Å². The summed E-state index contributed by atoms with van der Waals surface area (Å²) in [5.41, 5.74) is 6.81. The minimum absolute atomic E-state index is 0.0756. The molecule has 1 aliphatic rings. The summed E-state index contributed by atoms with van der Waals surface area (Å²) < 4.78 is 5.51. The second-order valence-corrected chi connectivity index (χ2v) is 5.54. The number of likely N-dealkylation sites (N-methyl/N-ethyl adjacent to an activating group) is 1. The summed E-state index contributed by atoms with van der Waals surface area (Å²) in [6.45, 7) is 3.11. The van der Waals surface area contributed by atoms with Gasteiger partial charge in [-0.25, -0.2) is 0 Å². The molecule has 0 bridgehead atoms. The van der Waals surface area contributed by atoms with E-state index < -0.39 is 0 Å². The molecule has 0 aliphatic carbocycles. The molecular weight excluding hydrogens is 278 g/mol. The van der Waals surface area contributed by atoms with E-state index in [1.165, 1.54) is 0 Å². The van der Waals surface area contributed by atoms with E-state index in [-0.39, 0.29) is 18.1 Å². The smallest absolute Gasteiger partial charge is 0.238 e. The number of amides is 1. The van der Waals surface area contributed by atoms with Gasteiger partial charge in [-0.3, -0.25) is 9.69 Å². The Labute approximate surface area is 124 Å². The van der Waals surface area contributed by atoms with Crippen molar-refractivity contribution < 1.29 is 9.53 Å². The molecule has 20 heavy (non-hydrogen) atoms. The first-order chi connectivity index (χ1) is 9.47. The maximum atomic E-state index is 12.0. The van der Waals surface area contributed by atoms with E-state index in [1.54, 1.807) is 18.2 Å². The number of hydrogen-bond donors (Lipinski definition) is 2. The highest BCUT2D eigenvalue weighted by molar-refractivity contribution is 6.33. The Morgan fingerprint density at radius 3 is 2.95 bits per heavy atom. The van der Waals surface area contributed by atoms with Crippen molar-refractivity contribution in [3.8, 4) is 0 Å². The summed E-state index contributed by atoms with van der Waals surface area (Å²) in [4.78, 5) is 14.0. The van der Waals surface area contributed by atoms with E-state index >= 15 is 0 Å². The largest absolute Gasteiger partial charge is 0.397 e. The average Bonchev–Trinajstić information content (AvgIpc) is 2.80. The predicted octanol–water partition coefficient (Wildman–Crippen LogP) is 1.97. The van der Waals surface area contributed by atoms with Gasteiger partial charge in [0.1, 0.15) is 0 Å². The third-order valence-corrected chi connectivity index (χ3v) is 3.92. The molecule has 2 atom stereocenters. The molecule has 1 heterocycles. The number of carbonyl (C=O) groups is 1. The van der Waals surface area contributed by atoms with Crippen LogP contribution in [-0.4, -0.2) is 43.2 Å². The Morgan fingerprint density at radius 1 is 1.60 bits per heavy atom. The number of nitrogens with one attached hydrogen (secondary N) is 1. The van der Waals surface area contributed by atoms with Crippen molar-refractivity contribution in [3.63, 3.8) is 0 Å². The fourth-order valence-electron chi connectivity index (χ4n) is 2.47. The van der Waals surface area contributed by atoms with Crippen LogP contribution in [0.15, 0.2) is 18.2 Å². The van der Waals surface area contributed by atoms with Gasteiger partial charge in [-0.05, 0) is 38.6 Å². The SMILES string of the molecule is CC1OCCC1N(C)CC(=O)Nc1ccc(Cl)c(N)c1. The molecule has 1 fully saturated rings. The highest BCUT2D eigenvalue weighted by atomic mass is 35.5. The van der Waals surface area contributed by atoms with Gasteiger partial charge in [-0.1, -0.05) is 11.6 Å². The molecule has 1 aliphatic heterocycles. The number of rotatable bonds is 4. The molecule has 1 saturated heterocycles. The number of anilines is 2. The number of halogens is 1. The zero-order valence-corrected chi connectivity index (χ0v) is 12.5. The van der Waals surface area contributed by atoms with Gasteiger partial charge in [0.05, 0.1) is 23.4 Å². The van der Waals surface area contributed by atoms with E-state index in [9.17, 15) is 4.79 Å². The normalized spacial score (nSPS) is 22.2. The highest BCUT2D eigenvalue weighted by Gasteiger charge is 2.28. The number of nitrogens with two attached hydrogens (primary N) is 1. The number of nitrogens with zero attached hydrogens (tertiary/aromatic N) is 1. The van der Waals surface area contributed by atoms with Crippen LogP contribution < -0.4 is 11.1 Å². The lowest BCUT2D eigenvalue weighted by molar-refractivity contribution is -0.117. The summed E-state index contributed by atoms with van der Waals surface area (Å²) in [6.07, 6.45) is 1.12. The third kappa shape index (κ3) is 3.62. The summed E-state index contributed by atoms with van der Waals surface area (Å²) in [5, 5.41) is 3.30. The van der Waals surface area contributed by atoms with Crippen LogP contribution in [-0.2, 0) is 9.53 Å². The maximum absolute atomic E-state index is 12.0. The quantitative estimate of drug-likeness (QED) is 0.834. The molecule has 0 spiro atoms. The molecule has 2 unspecified atom stereocenters. The Morgan fingerprint density at radius 2 is 2.35 bits per heavy atom. The number of benzene rings is 1. The van der Waals surface area contributed by atoms with Crippen molar-refractivity contribution in [2.45, 2.75) is 25.5 Å². The zero-order chi connectivity index (χ0) is 14.7. The minimum Gasteiger partial charge on any atom is -0.397 e. The standard InChI is InChI=1S/C14H20ClN3O2/c1-9-13(5-6-20-9)18(2)8-14(19)17-10-3-4-11(15)12(16)7-10/h3-4,7,9,13H,5-6,8,16H2,1-2H3,(H,17,19). The molecule has 110 valence electrons. The Kier molecular flexibility index (Phi) is 4.86. The molecule has 6 heteroatoms. The summed E-state index contributed by atoms with van der Waals surface area (Å²) >= 11 is 5.84. The fraction of sp³-hybridized carbons (Fsp3) is 0.500. The van der Waals surface area contributed by atoms with E-state index in [4.69, 9.17) is 22.1 Å². The highest BCUT2D eigenvalue weighted by Crippen LogP contribution is 2.22. The second kappa shape index (κ2) is 6.43. The lowest BCUT2D eigenvalue weighted by atomic mass is 10.1. The van der Waals surface area contributed by atoms with Crippen LogP contribution in [0.3, 0.4) is 0 Å².